The minimum atomic E-state index is -4.25. The zero-order valence-electron chi connectivity index (χ0n) is 12.6. The first kappa shape index (κ1) is 18.0. The van der Waals surface area contributed by atoms with Gasteiger partial charge in [0.2, 0.25) is 0 Å². The van der Waals surface area contributed by atoms with Gasteiger partial charge >= 0.3 is 6.18 Å². The first-order chi connectivity index (χ1) is 9.88. The van der Waals surface area contributed by atoms with Crippen LogP contribution in [0, 0.1) is 5.92 Å². The summed E-state index contributed by atoms with van der Waals surface area (Å²) >= 11 is 0. The fourth-order valence-electron chi connectivity index (χ4n) is 2.07. The molecule has 0 amide bonds. The molecule has 0 spiro atoms. The highest BCUT2D eigenvalue weighted by Gasteiger charge is 2.27. The van der Waals surface area contributed by atoms with Crippen molar-refractivity contribution >= 4 is 0 Å². The van der Waals surface area contributed by atoms with Crippen LogP contribution in [0.2, 0.25) is 0 Å². The second-order valence-electron chi connectivity index (χ2n) is 5.62. The van der Waals surface area contributed by atoms with Crippen LogP contribution in [0.15, 0.2) is 30.3 Å². The first-order valence-electron chi connectivity index (χ1n) is 7.28. The monoisotopic (exact) mass is 303 g/mol. The Hall–Kier alpha value is -1.07. The second-order valence-corrected chi connectivity index (χ2v) is 5.62. The van der Waals surface area contributed by atoms with Gasteiger partial charge in [-0.2, -0.15) is 13.2 Å². The number of benzene rings is 1. The highest BCUT2D eigenvalue weighted by molar-refractivity contribution is 5.19. The summed E-state index contributed by atoms with van der Waals surface area (Å²) in [6, 6.07) is 9.84. The molecule has 0 aromatic heterocycles. The third kappa shape index (κ3) is 8.73. The van der Waals surface area contributed by atoms with Crippen LogP contribution in [-0.4, -0.2) is 32.5 Å². The lowest BCUT2D eigenvalue weighted by Crippen LogP contribution is -2.26. The van der Waals surface area contributed by atoms with E-state index in [9.17, 15) is 13.2 Å². The highest BCUT2D eigenvalue weighted by Crippen LogP contribution is 2.20. The minimum absolute atomic E-state index is 0.114. The molecule has 0 fully saturated rings. The van der Waals surface area contributed by atoms with Gasteiger partial charge in [0.15, 0.2) is 0 Å². The molecule has 1 aromatic carbocycles. The summed E-state index contributed by atoms with van der Waals surface area (Å²) in [5, 5.41) is 3.36. The zero-order valence-corrected chi connectivity index (χ0v) is 12.6. The van der Waals surface area contributed by atoms with Gasteiger partial charge in [-0.3, -0.25) is 0 Å². The van der Waals surface area contributed by atoms with Gasteiger partial charge in [0.1, 0.15) is 6.61 Å². The number of hydrogen-bond donors (Lipinski definition) is 1. The maximum absolute atomic E-state index is 12.1. The van der Waals surface area contributed by atoms with Crippen LogP contribution < -0.4 is 5.32 Å². The van der Waals surface area contributed by atoms with Gasteiger partial charge in [-0.1, -0.05) is 44.2 Å². The van der Waals surface area contributed by atoms with Crippen molar-refractivity contribution in [3.05, 3.63) is 35.9 Å². The normalized spacial score (nSPS) is 13.6. The van der Waals surface area contributed by atoms with Crippen molar-refractivity contribution < 1.29 is 17.9 Å². The summed E-state index contributed by atoms with van der Waals surface area (Å²) in [5.74, 6) is 0.709. The Kier molecular flexibility index (Phi) is 7.75. The Labute approximate surface area is 124 Å². The lowest BCUT2D eigenvalue weighted by molar-refractivity contribution is -0.174. The van der Waals surface area contributed by atoms with Crippen molar-refractivity contribution in [3.8, 4) is 0 Å². The van der Waals surface area contributed by atoms with Gasteiger partial charge < -0.3 is 10.1 Å². The molecule has 2 nitrogen and oxygen atoms in total. The van der Waals surface area contributed by atoms with Crippen LogP contribution in [-0.2, 0) is 4.74 Å². The fourth-order valence-corrected chi connectivity index (χ4v) is 2.07. The molecule has 0 aliphatic carbocycles. The second kappa shape index (κ2) is 9.05. The smallest absolute Gasteiger partial charge is 0.372 e. The van der Waals surface area contributed by atoms with Crippen molar-refractivity contribution in [3.63, 3.8) is 0 Å². The molecule has 120 valence electrons. The largest absolute Gasteiger partial charge is 0.411 e. The molecule has 0 saturated carbocycles. The van der Waals surface area contributed by atoms with E-state index < -0.39 is 12.8 Å². The Bertz CT molecular complexity index is 379. The van der Waals surface area contributed by atoms with Crippen LogP contribution >= 0.6 is 0 Å². The van der Waals surface area contributed by atoms with E-state index in [1.807, 2.05) is 30.3 Å². The molecule has 1 rings (SSSR count). The quantitative estimate of drug-likeness (QED) is 0.697. The number of hydrogen-bond acceptors (Lipinski definition) is 2. The van der Waals surface area contributed by atoms with Gasteiger partial charge in [0, 0.05) is 13.2 Å². The molecule has 5 heteroatoms. The van der Waals surface area contributed by atoms with Crippen LogP contribution in [0.3, 0.4) is 0 Å². The van der Waals surface area contributed by atoms with E-state index in [1.165, 1.54) is 0 Å². The van der Waals surface area contributed by atoms with Crippen LogP contribution in [0.5, 0.6) is 0 Å². The third-order valence-electron chi connectivity index (χ3n) is 3.09. The molecule has 1 unspecified atom stereocenters. The van der Waals surface area contributed by atoms with Crippen LogP contribution in [0.1, 0.15) is 31.7 Å². The molecular formula is C16H24F3NO. The van der Waals surface area contributed by atoms with Gasteiger partial charge in [-0.05, 0) is 30.4 Å². The number of rotatable bonds is 9. The molecule has 0 aliphatic heterocycles. The number of nitrogens with one attached hydrogen (secondary N) is 1. The predicted molar refractivity (Wildman–Crippen MR) is 78.4 cm³/mol. The average molecular weight is 303 g/mol. The van der Waals surface area contributed by atoms with Crippen molar-refractivity contribution in [2.75, 3.05) is 26.3 Å². The van der Waals surface area contributed by atoms with Crippen molar-refractivity contribution in [2.24, 2.45) is 5.92 Å². The predicted octanol–water partition coefficient (Wildman–Crippen LogP) is 3.98. The summed E-state index contributed by atoms with van der Waals surface area (Å²) in [5.41, 5.74) is 1.13. The summed E-state index contributed by atoms with van der Waals surface area (Å²) in [6.07, 6.45) is -3.68. The summed E-state index contributed by atoms with van der Waals surface area (Å²) < 4.78 is 40.9. The summed E-state index contributed by atoms with van der Waals surface area (Å²) in [4.78, 5) is 0. The van der Waals surface area contributed by atoms with E-state index >= 15 is 0 Å². The molecule has 1 atom stereocenters. The van der Waals surface area contributed by atoms with Crippen molar-refractivity contribution in [1.82, 2.24) is 5.32 Å². The minimum Gasteiger partial charge on any atom is -0.372 e. The molecule has 0 aliphatic rings. The summed E-state index contributed by atoms with van der Waals surface area (Å²) in [7, 11) is 0. The van der Waals surface area contributed by atoms with E-state index in [-0.39, 0.29) is 12.5 Å². The Morgan fingerprint density at radius 3 is 2.33 bits per heavy atom. The van der Waals surface area contributed by atoms with E-state index in [2.05, 4.69) is 19.2 Å². The molecule has 1 N–H and O–H groups in total. The summed E-state index contributed by atoms with van der Waals surface area (Å²) in [6.45, 7) is 4.83. The van der Waals surface area contributed by atoms with E-state index in [0.29, 0.717) is 12.3 Å². The van der Waals surface area contributed by atoms with E-state index in [4.69, 9.17) is 4.74 Å². The molecule has 1 aromatic rings. The first-order valence-corrected chi connectivity index (χ1v) is 7.28. The maximum Gasteiger partial charge on any atom is 0.411 e. The standard InChI is InChI=1S/C16H24F3NO/c1-13(2)10-20-11-15(14-6-4-3-5-7-14)8-9-21-12-16(17,18)19/h3-7,13,15,20H,8-12H2,1-2H3. The fraction of sp³-hybridized carbons (Fsp3) is 0.625. The Morgan fingerprint density at radius 1 is 1.10 bits per heavy atom. The lowest BCUT2D eigenvalue weighted by Gasteiger charge is -2.19. The third-order valence-corrected chi connectivity index (χ3v) is 3.09. The van der Waals surface area contributed by atoms with Crippen LogP contribution in [0.4, 0.5) is 13.2 Å². The molecular weight excluding hydrogens is 279 g/mol. The molecule has 0 radical (unpaired) electrons. The molecule has 0 saturated heterocycles. The van der Waals surface area contributed by atoms with Gasteiger partial charge in [-0.15, -0.1) is 0 Å². The molecule has 0 bridgehead atoms. The molecule has 21 heavy (non-hydrogen) atoms. The Balaban J connectivity index is 2.45. The van der Waals surface area contributed by atoms with E-state index in [1.54, 1.807) is 0 Å². The van der Waals surface area contributed by atoms with E-state index in [0.717, 1.165) is 18.7 Å². The SMILES string of the molecule is CC(C)CNCC(CCOCC(F)(F)F)c1ccccc1. The average Bonchev–Trinajstić information content (AvgIpc) is 2.41. The zero-order chi connectivity index (χ0) is 15.7. The van der Waals surface area contributed by atoms with Crippen molar-refractivity contribution in [2.45, 2.75) is 32.4 Å². The van der Waals surface area contributed by atoms with Gasteiger partial charge in [0.25, 0.3) is 0 Å². The topological polar surface area (TPSA) is 21.3 Å². The highest BCUT2D eigenvalue weighted by atomic mass is 19.4. The number of ether oxygens (including phenoxy) is 1. The maximum atomic E-state index is 12.1. The molecule has 0 heterocycles. The number of halogens is 3. The van der Waals surface area contributed by atoms with Gasteiger partial charge in [-0.25, -0.2) is 0 Å². The van der Waals surface area contributed by atoms with Crippen LogP contribution in [0.25, 0.3) is 0 Å². The number of alkyl halides is 3. The van der Waals surface area contributed by atoms with Crippen molar-refractivity contribution in [1.29, 1.82) is 0 Å². The van der Waals surface area contributed by atoms with Gasteiger partial charge in [0.05, 0.1) is 0 Å². The Morgan fingerprint density at radius 2 is 1.76 bits per heavy atom. The lowest BCUT2D eigenvalue weighted by atomic mass is 9.96.